The molecule has 6 heteroatoms. The molecule has 0 saturated carbocycles. The Kier molecular flexibility index (Phi) is 9.23. The molecule has 1 unspecified atom stereocenters. The van der Waals surface area contributed by atoms with Crippen LogP contribution in [-0.4, -0.2) is 49.0 Å². The third-order valence-electron chi connectivity index (χ3n) is 5.67. The summed E-state index contributed by atoms with van der Waals surface area (Å²) in [4.78, 5) is 27.1. The van der Waals surface area contributed by atoms with E-state index in [0.717, 1.165) is 30.8 Å². The Bertz CT molecular complexity index is 1050. The Morgan fingerprint density at radius 3 is 2.09 bits per heavy atom. The van der Waals surface area contributed by atoms with Gasteiger partial charge in [0.1, 0.15) is 5.75 Å². The zero-order valence-electron chi connectivity index (χ0n) is 20.1. The number of hydrogen-bond acceptors (Lipinski definition) is 4. The van der Waals surface area contributed by atoms with Crippen molar-refractivity contribution in [2.45, 2.75) is 26.9 Å². The number of likely N-dealkylation sites (N-methyl/N-ethyl adjacent to an activating group) is 1. The Morgan fingerprint density at radius 1 is 0.853 bits per heavy atom. The van der Waals surface area contributed by atoms with E-state index < -0.39 is 6.10 Å². The first-order valence-electron chi connectivity index (χ1n) is 11.7. The molecule has 0 saturated heterocycles. The third kappa shape index (κ3) is 7.18. The van der Waals surface area contributed by atoms with Crippen molar-refractivity contribution in [2.75, 3.05) is 31.5 Å². The van der Waals surface area contributed by atoms with Crippen molar-refractivity contribution in [3.63, 3.8) is 0 Å². The van der Waals surface area contributed by atoms with E-state index >= 15 is 0 Å². The molecule has 0 fully saturated rings. The van der Waals surface area contributed by atoms with Crippen LogP contribution in [0.15, 0.2) is 78.9 Å². The molecule has 3 aromatic carbocycles. The molecule has 2 amide bonds. The maximum absolute atomic E-state index is 12.6. The number of carbonyl (C=O) groups is 2. The fraction of sp³-hybridized carbons (Fsp3) is 0.286. The summed E-state index contributed by atoms with van der Waals surface area (Å²) < 4.78 is 5.80. The fourth-order valence-corrected chi connectivity index (χ4v) is 3.53. The van der Waals surface area contributed by atoms with Crippen LogP contribution >= 0.6 is 0 Å². The Morgan fingerprint density at radius 2 is 1.47 bits per heavy atom. The highest BCUT2D eigenvalue weighted by atomic mass is 16.5. The largest absolute Gasteiger partial charge is 0.481 e. The summed E-state index contributed by atoms with van der Waals surface area (Å²) in [5.74, 6) is 0.239. The molecular formula is C28H33N3O3. The summed E-state index contributed by atoms with van der Waals surface area (Å²) >= 11 is 0. The molecule has 0 spiro atoms. The molecule has 0 aliphatic carbocycles. The number of nitrogens with zero attached hydrogens (tertiary/aromatic N) is 1. The lowest BCUT2D eigenvalue weighted by Crippen LogP contribution is -2.34. The smallest absolute Gasteiger partial charge is 0.265 e. The number of anilines is 1. The van der Waals surface area contributed by atoms with Gasteiger partial charge in [-0.05, 0) is 67.5 Å². The summed E-state index contributed by atoms with van der Waals surface area (Å²) in [6, 6.07) is 24.6. The molecule has 0 bridgehead atoms. The number of nitrogens with one attached hydrogen (secondary N) is 2. The van der Waals surface area contributed by atoms with Gasteiger partial charge in [-0.1, -0.05) is 56.3 Å². The highest BCUT2D eigenvalue weighted by molar-refractivity contribution is 5.96. The van der Waals surface area contributed by atoms with Gasteiger partial charge in [0.2, 0.25) is 0 Å². The van der Waals surface area contributed by atoms with Gasteiger partial charge < -0.3 is 20.3 Å². The van der Waals surface area contributed by atoms with E-state index in [1.807, 2.05) is 54.6 Å². The minimum atomic E-state index is -0.675. The molecule has 3 rings (SSSR count). The molecule has 178 valence electrons. The van der Waals surface area contributed by atoms with Crippen LogP contribution in [0.3, 0.4) is 0 Å². The van der Waals surface area contributed by atoms with Crippen molar-refractivity contribution in [2.24, 2.45) is 0 Å². The normalized spacial score (nSPS) is 11.6. The van der Waals surface area contributed by atoms with Crippen molar-refractivity contribution in [3.05, 3.63) is 84.4 Å². The Labute approximate surface area is 201 Å². The molecule has 1 atom stereocenters. The molecule has 0 aliphatic rings. The Balaban J connectivity index is 1.48. The van der Waals surface area contributed by atoms with E-state index in [1.54, 1.807) is 31.2 Å². The van der Waals surface area contributed by atoms with E-state index in [2.05, 4.69) is 29.4 Å². The predicted molar refractivity (Wildman–Crippen MR) is 137 cm³/mol. The molecule has 6 nitrogen and oxygen atoms in total. The first-order valence-corrected chi connectivity index (χ1v) is 11.7. The number of amides is 2. The maximum Gasteiger partial charge on any atom is 0.265 e. The number of rotatable bonds is 11. The van der Waals surface area contributed by atoms with Crippen LogP contribution in [0, 0.1) is 0 Å². The third-order valence-corrected chi connectivity index (χ3v) is 5.67. The second-order valence-electron chi connectivity index (χ2n) is 8.00. The van der Waals surface area contributed by atoms with Gasteiger partial charge in [-0.2, -0.15) is 0 Å². The second kappa shape index (κ2) is 12.6. The summed E-state index contributed by atoms with van der Waals surface area (Å²) in [7, 11) is 0. The highest BCUT2D eigenvalue weighted by Crippen LogP contribution is 2.23. The molecule has 0 aromatic heterocycles. The van der Waals surface area contributed by atoms with Crippen LogP contribution in [0.4, 0.5) is 5.69 Å². The van der Waals surface area contributed by atoms with Crippen molar-refractivity contribution in [3.8, 4) is 16.9 Å². The Hall–Kier alpha value is -3.64. The SMILES string of the molecule is CCN(CC)CCNC(=O)c1ccc(NC(=O)C(C)Oc2ccc(-c3ccccc3)cc2)cc1. The van der Waals surface area contributed by atoms with E-state index in [-0.39, 0.29) is 11.8 Å². The zero-order valence-corrected chi connectivity index (χ0v) is 20.1. The first kappa shape index (κ1) is 25.0. The summed E-state index contributed by atoms with van der Waals surface area (Å²) in [5, 5.41) is 5.77. The minimum Gasteiger partial charge on any atom is -0.481 e. The highest BCUT2D eigenvalue weighted by Gasteiger charge is 2.15. The molecule has 34 heavy (non-hydrogen) atoms. The molecule has 3 aromatic rings. The predicted octanol–water partition coefficient (Wildman–Crippen LogP) is 4.83. The van der Waals surface area contributed by atoms with Crippen LogP contribution in [0.5, 0.6) is 5.75 Å². The van der Waals surface area contributed by atoms with Gasteiger partial charge in [0.25, 0.3) is 11.8 Å². The maximum atomic E-state index is 12.6. The number of benzene rings is 3. The number of ether oxygens (including phenoxy) is 1. The minimum absolute atomic E-state index is 0.124. The molecule has 2 N–H and O–H groups in total. The molecule has 0 aliphatic heterocycles. The van der Waals surface area contributed by atoms with Crippen LogP contribution in [0.25, 0.3) is 11.1 Å². The van der Waals surface area contributed by atoms with Gasteiger partial charge in [-0.15, -0.1) is 0 Å². The number of carbonyl (C=O) groups excluding carboxylic acids is 2. The van der Waals surface area contributed by atoms with Gasteiger partial charge in [-0.3, -0.25) is 9.59 Å². The van der Waals surface area contributed by atoms with E-state index in [4.69, 9.17) is 4.74 Å². The van der Waals surface area contributed by atoms with Crippen molar-refractivity contribution < 1.29 is 14.3 Å². The van der Waals surface area contributed by atoms with E-state index in [1.165, 1.54) is 0 Å². The summed E-state index contributed by atoms with van der Waals surface area (Å²) in [5.41, 5.74) is 3.38. The quantitative estimate of drug-likeness (QED) is 0.431. The molecular weight excluding hydrogens is 426 g/mol. The van der Waals surface area contributed by atoms with Crippen LogP contribution in [-0.2, 0) is 4.79 Å². The summed E-state index contributed by atoms with van der Waals surface area (Å²) in [6.07, 6.45) is -0.675. The van der Waals surface area contributed by atoms with Crippen molar-refractivity contribution in [1.29, 1.82) is 0 Å². The fourth-order valence-electron chi connectivity index (χ4n) is 3.53. The van der Waals surface area contributed by atoms with Gasteiger partial charge in [0.15, 0.2) is 6.10 Å². The lowest BCUT2D eigenvalue weighted by atomic mass is 10.1. The zero-order chi connectivity index (χ0) is 24.3. The van der Waals surface area contributed by atoms with Gasteiger partial charge in [0.05, 0.1) is 0 Å². The molecule has 0 heterocycles. The van der Waals surface area contributed by atoms with Gasteiger partial charge in [-0.25, -0.2) is 0 Å². The second-order valence-corrected chi connectivity index (χ2v) is 8.00. The molecule has 0 radical (unpaired) electrons. The lowest BCUT2D eigenvalue weighted by molar-refractivity contribution is -0.122. The lowest BCUT2D eigenvalue weighted by Gasteiger charge is -2.18. The number of hydrogen-bond donors (Lipinski definition) is 2. The van der Waals surface area contributed by atoms with Crippen LogP contribution in [0.1, 0.15) is 31.1 Å². The monoisotopic (exact) mass is 459 g/mol. The van der Waals surface area contributed by atoms with Crippen molar-refractivity contribution in [1.82, 2.24) is 10.2 Å². The van der Waals surface area contributed by atoms with Crippen molar-refractivity contribution >= 4 is 17.5 Å². The van der Waals surface area contributed by atoms with E-state index in [0.29, 0.717) is 23.5 Å². The standard InChI is InChI=1S/C28H33N3O3/c1-4-31(5-2)20-19-29-28(33)24-11-15-25(16-12-24)30-27(32)21(3)34-26-17-13-23(14-18-26)22-9-7-6-8-10-22/h6-18,21H,4-5,19-20H2,1-3H3,(H,29,33)(H,30,32). The first-order chi connectivity index (χ1) is 16.5. The summed E-state index contributed by atoms with van der Waals surface area (Å²) in [6.45, 7) is 9.25. The van der Waals surface area contributed by atoms with Crippen LogP contribution in [0.2, 0.25) is 0 Å². The van der Waals surface area contributed by atoms with Gasteiger partial charge >= 0.3 is 0 Å². The van der Waals surface area contributed by atoms with E-state index in [9.17, 15) is 9.59 Å². The average Bonchev–Trinajstić information content (AvgIpc) is 2.88. The van der Waals surface area contributed by atoms with Gasteiger partial charge in [0, 0.05) is 24.3 Å². The topological polar surface area (TPSA) is 70.7 Å². The van der Waals surface area contributed by atoms with Crippen LogP contribution < -0.4 is 15.4 Å². The average molecular weight is 460 g/mol.